The molecule has 22 heavy (non-hydrogen) atoms. The van der Waals surface area contributed by atoms with Gasteiger partial charge < -0.3 is 11.1 Å². The van der Waals surface area contributed by atoms with Gasteiger partial charge in [-0.15, -0.1) is 0 Å². The van der Waals surface area contributed by atoms with E-state index < -0.39 is 6.17 Å². The van der Waals surface area contributed by atoms with Gasteiger partial charge in [0.15, 0.2) is 0 Å². The Morgan fingerprint density at radius 2 is 1.82 bits per heavy atom. The van der Waals surface area contributed by atoms with E-state index in [-0.39, 0.29) is 5.91 Å². The van der Waals surface area contributed by atoms with Crippen LogP contribution in [0.1, 0.15) is 34.6 Å². The molecule has 0 saturated carbocycles. The molecule has 0 bridgehead atoms. The minimum absolute atomic E-state index is 0.186. The highest BCUT2D eigenvalue weighted by Crippen LogP contribution is 2.17. The minimum Gasteiger partial charge on any atom is -0.322 e. The van der Waals surface area contributed by atoms with Gasteiger partial charge in [0.25, 0.3) is 5.91 Å². The Labute approximate surface area is 130 Å². The topological polar surface area (TPSA) is 93.2 Å². The molecule has 1 atom stereocenters. The highest BCUT2D eigenvalue weighted by atomic mass is 16.1. The van der Waals surface area contributed by atoms with Crippen molar-refractivity contribution in [3.63, 3.8) is 0 Å². The molecule has 5 heteroatoms. The molecule has 0 fully saturated rings. The van der Waals surface area contributed by atoms with Gasteiger partial charge in [0.1, 0.15) is 0 Å². The van der Waals surface area contributed by atoms with Crippen LogP contribution in [0.15, 0.2) is 55.1 Å². The van der Waals surface area contributed by atoms with Crippen molar-refractivity contribution in [2.75, 3.05) is 5.32 Å². The number of hydrogen-bond acceptors (Lipinski definition) is 4. The molecule has 0 aliphatic carbocycles. The van der Waals surface area contributed by atoms with Crippen LogP contribution in [-0.4, -0.2) is 5.91 Å². The Morgan fingerprint density at radius 3 is 2.50 bits per heavy atom. The second-order valence-corrected chi connectivity index (χ2v) is 5.09. The van der Waals surface area contributed by atoms with Crippen LogP contribution in [0, 0.1) is 0 Å². The molecule has 0 aliphatic heterocycles. The highest BCUT2D eigenvalue weighted by Gasteiger charge is 2.09. The fourth-order valence-corrected chi connectivity index (χ4v) is 2.04. The average Bonchev–Trinajstić information content (AvgIpc) is 2.54. The molecule has 2 rings (SSSR count). The number of hydrazine groups is 1. The van der Waals surface area contributed by atoms with Crippen LogP contribution < -0.4 is 22.3 Å². The van der Waals surface area contributed by atoms with Gasteiger partial charge in [0, 0.05) is 11.3 Å². The van der Waals surface area contributed by atoms with Crippen LogP contribution in [0.4, 0.5) is 5.69 Å². The third-order valence-corrected chi connectivity index (χ3v) is 3.30. The molecule has 2 aromatic rings. The summed E-state index contributed by atoms with van der Waals surface area (Å²) in [5.74, 6) is 5.14. The Morgan fingerprint density at radius 1 is 1.14 bits per heavy atom. The van der Waals surface area contributed by atoms with Crippen molar-refractivity contribution < 1.29 is 4.79 Å². The molecular weight excluding hydrogens is 276 g/mol. The molecule has 1 amide bonds. The smallest absolute Gasteiger partial charge is 0.255 e. The van der Waals surface area contributed by atoms with E-state index in [1.807, 2.05) is 37.3 Å². The number of benzene rings is 2. The normalized spacial score (nSPS) is 11.8. The zero-order valence-electron chi connectivity index (χ0n) is 12.5. The Hall–Kier alpha value is -2.47. The van der Waals surface area contributed by atoms with Gasteiger partial charge >= 0.3 is 0 Å². The van der Waals surface area contributed by atoms with E-state index in [4.69, 9.17) is 11.6 Å². The van der Waals surface area contributed by atoms with Crippen molar-refractivity contribution >= 4 is 17.2 Å². The lowest BCUT2D eigenvalue weighted by Crippen LogP contribution is -2.34. The third-order valence-electron chi connectivity index (χ3n) is 3.30. The maximum absolute atomic E-state index is 12.3. The molecule has 0 aromatic heterocycles. The van der Waals surface area contributed by atoms with Crippen LogP contribution in [0.25, 0.3) is 5.57 Å². The number of allylic oxidation sites excluding steroid dienone is 1. The van der Waals surface area contributed by atoms with Gasteiger partial charge in [-0.25, -0.2) is 5.43 Å². The van der Waals surface area contributed by atoms with Crippen molar-refractivity contribution in [3.05, 3.63) is 71.8 Å². The first kappa shape index (κ1) is 15.9. The zero-order valence-corrected chi connectivity index (χ0v) is 12.5. The summed E-state index contributed by atoms with van der Waals surface area (Å²) in [4.78, 5) is 12.3. The summed E-state index contributed by atoms with van der Waals surface area (Å²) >= 11 is 0. The maximum Gasteiger partial charge on any atom is 0.255 e. The molecule has 1 unspecified atom stereocenters. The number of carbonyl (C=O) groups excluding carboxylic acids is 1. The van der Waals surface area contributed by atoms with Gasteiger partial charge in [0.05, 0.1) is 6.17 Å². The number of nitrogens with one attached hydrogen (secondary N) is 2. The predicted molar refractivity (Wildman–Crippen MR) is 89.8 cm³/mol. The van der Waals surface area contributed by atoms with E-state index >= 15 is 0 Å². The monoisotopic (exact) mass is 296 g/mol. The van der Waals surface area contributed by atoms with E-state index in [0.29, 0.717) is 11.3 Å². The summed E-state index contributed by atoms with van der Waals surface area (Å²) in [6, 6.07) is 14.6. The summed E-state index contributed by atoms with van der Waals surface area (Å²) in [5, 5.41) is 2.85. The number of rotatable bonds is 5. The average molecular weight is 296 g/mol. The number of anilines is 1. The summed E-state index contributed by atoms with van der Waals surface area (Å²) < 4.78 is 0. The Kier molecular flexibility index (Phi) is 5.06. The summed E-state index contributed by atoms with van der Waals surface area (Å²) in [6.07, 6.45) is -0.483. The van der Waals surface area contributed by atoms with Crippen molar-refractivity contribution in [1.29, 1.82) is 0 Å². The number of carbonyl (C=O) groups is 1. The Balaban J connectivity index is 2.18. The molecule has 5 nitrogen and oxygen atoms in total. The molecule has 0 heterocycles. The summed E-state index contributed by atoms with van der Waals surface area (Å²) in [6.45, 7) is 5.79. The predicted octanol–water partition coefficient (Wildman–Crippen LogP) is 2.39. The molecule has 0 aliphatic rings. The van der Waals surface area contributed by atoms with Gasteiger partial charge in [0.2, 0.25) is 0 Å². The zero-order chi connectivity index (χ0) is 16.1. The lowest BCUT2D eigenvalue weighted by molar-refractivity contribution is 0.102. The van der Waals surface area contributed by atoms with Gasteiger partial charge in [-0.1, -0.05) is 36.4 Å². The van der Waals surface area contributed by atoms with E-state index in [1.54, 1.807) is 18.2 Å². The fraction of sp³-hybridized carbons (Fsp3) is 0.118. The molecule has 0 radical (unpaired) electrons. The van der Waals surface area contributed by atoms with Crippen molar-refractivity contribution in [3.8, 4) is 0 Å². The van der Waals surface area contributed by atoms with Crippen LogP contribution in [0.5, 0.6) is 0 Å². The number of hydrogen-bond donors (Lipinski definition) is 4. The number of amides is 1. The van der Waals surface area contributed by atoms with Crippen molar-refractivity contribution in [2.24, 2.45) is 11.6 Å². The third kappa shape index (κ3) is 3.79. The van der Waals surface area contributed by atoms with E-state index in [2.05, 4.69) is 17.3 Å². The lowest BCUT2D eigenvalue weighted by Gasteiger charge is -2.12. The first-order valence-electron chi connectivity index (χ1n) is 6.90. The van der Waals surface area contributed by atoms with E-state index in [1.165, 1.54) is 0 Å². The molecule has 6 N–H and O–H groups in total. The highest BCUT2D eigenvalue weighted by molar-refractivity contribution is 6.04. The van der Waals surface area contributed by atoms with Crippen LogP contribution in [0.2, 0.25) is 0 Å². The largest absolute Gasteiger partial charge is 0.322 e. The summed E-state index contributed by atoms with van der Waals surface area (Å²) in [7, 11) is 0. The van der Waals surface area contributed by atoms with E-state index in [0.717, 1.165) is 16.7 Å². The standard InChI is InChI=1S/C17H20N4O/c1-11(2)12-5-3-7-14(9-12)17(22)20-15-8-4-6-13(10-15)16(18)21-19/h3-10,16,21H,1,18-19H2,2H3,(H,20,22). The SMILES string of the molecule is C=C(C)c1cccc(C(=O)Nc2cccc(C(N)NN)c2)c1. The minimum atomic E-state index is -0.483. The fourth-order valence-electron chi connectivity index (χ4n) is 2.04. The second kappa shape index (κ2) is 7.00. The lowest BCUT2D eigenvalue weighted by atomic mass is 10.1. The van der Waals surface area contributed by atoms with Crippen LogP contribution in [-0.2, 0) is 0 Å². The van der Waals surface area contributed by atoms with Crippen molar-refractivity contribution in [1.82, 2.24) is 5.43 Å². The molecule has 0 spiro atoms. The first-order chi connectivity index (χ1) is 10.5. The Bertz CT molecular complexity index is 697. The van der Waals surface area contributed by atoms with E-state index in [9.17, 15) is 4.79 Å². The molecular formula is C17H20N4O. The van der Waals surface area contributed by atoms with Gasteiger partial charge in [-0.05, 0) is 42.3 Å². The molecule has 2 aromatic carbocycles. The maximum atomic E-state index is 12.3. The summed E-state index contributed by atoms with van der Waals surface area (Å²) in [5.41, 5.74) is 12.1. The van der Waals surface area contributed by atoms with Crippen LogP contribution >= 0.6 is 0 Å². The first-order valence-corrected chi connectivity index (χ1v) is 6.90. The van der Waals surface area contributed by atoms with Crippen LogP contribution in [0.3, 0.4) is 0 Å². The van der Waals surface area contributed by atoms with Gasteiger partial charge in [-0.2, -0.15) is 0 Å². The quantitative estimate of drug-likeness (QED) is 0.387. The van der Waals surface area contributed by atoms with Crippen molar-refractivity contribution in [2.45, 2.75) is 13.1 Å². The van der Waals surface area contributed by atoms with Gasteiger partial charge in [-0.3, -0.25) is 10.6 Å². The molecule has 114 valence electrons. The molecule has 0 saturated heterocycles. The second-order valence-electron chi connectivity index (χ2n) is 5.09. The number of nitrogens with two attached hydrogens (primary N) is 2.